The monoisotopic (exact) mass is 351 g/mol. The third-order valence-electron chi connectivity index (χ3n) is 4.11. The second-order valence-electron chi connectivity index (χ2n) is 5.77. The number of aromatic amines is 1. The molecule has 1 saturated heterocycles. The average Bonchev–Trinajstić information content (AvgIpc) is 2.97. The number of hydrogen-bond acceptors (Lipinski definition) is 3. The number of halogens is 1. The number of hydrogen-bond donors (Lipinski definition) is 2. The van der Waals surface area contributed by atoms with Crippen molar-refractivity contribution in [1.29, 1.82) is 0 Å². The molecule has 1 aromatic heterocycles. The molecule has 1 fully saturated rings. The van der Waals surface area contributed by atoms with Gasteiger partial charge in [0.25, 0.3) is 0 Å². The maximum atomic E-state index is 12.2. The molecule has 0 bridgehead atoms. The molecule has 24 heavy (non-hydrogen) atoms. The molecule has 0 radical (unpaired) electrons. The number of benzene rings is 1. The average molecular weight is 352 g/mol. The largest absolute Gasteiger partial charge is 0.378 e. The van der Waals surface area contributed by atoms with Crippen LogP contribution in [0.2, 0.25) is 5.02 Å². The van der Waals surface area contributed by atoms with Crippen molar-refractivity contribution in [2.45, 2.75) is 33.4 Å². The summed E-state index contributed by atoms with van der Waals surface area (Å²) in [6.07, 6.45) is 0. The summed E-state index contributed by atoms with van der Waals surface area (Å²) in [6, 6.07) is 5.76. The van der Waals surface area contributed by atoms with E-state index < -0.39 is 0 Å². The molecule has 0 spiro atoms. The van der Waals surface area contributed by atoms with Crippen molar-refractivity contribution in [3.8, 4) is 0 Å². The molecular weight excluding hydrogens is 326 g/mol. The van der Waals surface area contributed by atoms with Crippen LogP contribution in [-0.4, -0.2) is 48.6 Å². The Kier molecular flexibility index (Phi) is 6.66. The second kappa shape index (κ2) is 8.51. The van der Waals surface area contributed by atoms with Gasteiger partial charge in [0.1, 0.15) is 6.04 Å². The molecule has 1 aromatic carbocycles. The molecule has 0 saturated carbocycles. The van der Waals surface area contributed by atoms with Gasteiger partial charge in [-0.05, 0) is 37.7 Å². The van der Waals surface area contributed by atoms with Gasteiger partial charge in [0.2, 0.25) is 5.91 Å². The molecule has 1 aliphatic rings. The minimum atomic E-state index is -0.213. The number of ether oxygens (including phenoxy) is 1. The predicted molar refractivity (Wildman–Crippen MR) is 98.5 cm³/mol. The van der Waals surface area contributed by atoms with E-state index in [1.54, 1.807) is 0 Å². The maximum absolute atomic E-state index is 12.2. The van der Waals surface area contributed by atoms with Crippen molar-refractivity contribution >= 4 is 28.4 Å². The van der Waals surface area contributed by atoms with Gasteiger partial charge in [-0.1, -0.05) is 25.4 Å². The van der Waals surface area contributed by atoms with Crippen LogP contribution in [0.25, 0.3) is 10.9 Å². The van der Waals surface area contributed by atoms with Crippen molar-refractivity contribution in [3.63, 3.8) is 0 Å². The van der Waals surface area contributed by atoms with E-state index in [4.69, 9.17) is 16.3 Å². The first-order valence-electron chi connectivity index (χ1n) is 8.38. The summed E-state index contributed by atoms with van der Waals surface area (Å²) in [5.41, 5.74) is 3.03. The van der Waals surface area contributed by atoms with Gasteiger partial charge in [-0.25, -0.2) is 0 Å². The van der Waals surface area contributed by atoms with Crippen LogP contribution in [0, 0.1) is 6.92 Å². The lowest BCUT2D eigenvalue weighted by Crippen LogP contribution is -2.51. The number of H-pyrrole nitrogens is 1. The number of morpholine rings is 1. The van der Waals surface area contributed by atoms with Crippen LogP contribution in [0.15, 0.2) is 18.2 Å². The van der Waals surface area contributed by atoms with Gasteiger partial charge in [0.15, 0.2) is 0 Å². The number of nitrogens with zero attached hydrogens (tertiary/aromatic N) is 1. The van der Waals surface area contributed by atoms with Crippen molar-refractivity contribution in [1.82, 2.24) is 15.2 Å². The molecule has 1 unspecified atom stereocenters. The van der Waals surface area contributed by atoms with Gasteiger partial charge in [0, 0.05) is 28.2 Å². The van der Waals surface area contributed by atoms with Gasteiger partial charge < -0.3 is 15.0 Å². The van der Waals surface area contributed by atoms with Crippen LogP contribution < -0.4 is 5.32 Å². The van der Waals surface area contributed by atoms with Crippen LogP contribution in [0.1, 0.15) is 25.1 Å². The zero-order valence-electron chi connectivity index (χ0n) is 14.8. The molecule has 1 amide bonds. The van der Waals surface area contributed by atoms with Crippen molar-refractivity contribution in [2.24, 2.45) is 0 Å². The fourth-order valence-corrected chi connectivity index (χ4v) is 2.85. The van der Waals surface area contributed by atoms with Crippen LogP contribution in [0.4, 0.5) is 0 Å². The van der Waals surface area contributed by atoms with E-state index in [-0.39, 0.29) is 11.9 Å². The number of carbonyl (C=O) groups excluding carboxylic acids is 1. The Bertz CT molecular complexity index is 660. The zero-order valence-corrected chi connectivity index (χ0v) is 15.5. The van der Waals surface area contributed by atoms with Gasteiger partial charge in [-0.15, -0.1) is 0 Å². The number of amides is 1. The van der Waals surface area contributed by atoms with E-state index in [0.29, 0.717) is 19.8 Å². The van der Waals surface area contributed by atoms with E-state index in [1.165, 1.54) is 0 Å². The minimum Gasteiger partial charge on any atom is -0.378 e. The molecule has 2 aromatic rings. The molecule has 5 nitrogen and oxygen atoms in total. The highest BCUT2D eigenvalue weighted by molar-refractivity contribution is 6.32. The topological polar surface area (TPSA) is 57.4 Å². The standard InChI is InChI=1S/C16H20ClN3O2.C2H6/c1-10-5-14-11(7-13(10)17)6-12(19-14)8-18-16(21)15-9-22-4-3-20(15)2;1-2/h5-7,15,19H,3-4,8-9H2,1-2H3,(H,18,21);1-2H3. The maximum Gasteiger partial charge on any atom is 0.240 e. The molecule has 2 N–H and O–H groups in total. The van der Waals surface area contributed by atoms with Crippen LogP contribution in [0.5, 0.6) is 0 Å². The highest BCUT2D eigenvalue weighted by Gasteiger charge is 2.26. The molecular formula is C18H26ClN3O2. The molecule has 1 aliphatic heterocycles. The molecule has 2 heterocycles. The van der Waals surface area contributed by atoms with Crippen LogP contribution in [0.3, 0.4) is 0 Å². The Morgan fingerprint density at radius 2 is 2.17 bits per heavy atom. The lowest BCUT2D eigenvalue weighted by Gasteiger charge is -2.31. The summed E-state index contributed by atoms with van der Waals surface area (Å²) in [5, 5.41) is 4.77. The summed E-state index contributed by atoms with van der Waals surface area (Å²) in [6.45, 7) is 8.35. The van der Waals surface area contributed by atoms with E-state index in [2.05, 4.69) is 10.3 Å². The quantitative estimate of drug-likeness (QED) is 0.893. The van der Waals surface area contributed by atoms with E-state index >= 15 is 0 Å². The molecule has 132 valence electrons. The van der Waals surface area contributed by atoms with Gasteiger partial charge in [-0.3, -0.25) is 9.69 Å². The number of aromatic nitrogens is 1. The van der Waals surface area contributed by atoms with E-state index in [9.17, 15) is 4.79 Å². The van der Waals surface area contributed by atoms with Crippen molar-refractivity contribution in [3.05, 3.63) is 34.5 Å². The Hall–Kier alpha value is -1.56. The van der Waals surface area contributed by atoms with Gasteiger partial charge in [0.05, 0.1) is 19.8 Å². The van der Waals surface area contributed by atoms with Crippen molar-refractivity contribution < 1.29 is 9.53 Å². The first kappa shape index (κ1) is 18.8. The van der Waals surface area contributed by atoms with Crippen LogP contribution in [-0.2, 0) is 16.1 Å². The molecule has 0 aliphatic carbocycles. The van der Waals surface area contributed by atoms with Crippen LogP contribution >= 0.6 is 11.6 Å². The number of fused-ring (bicyclic) bond motifs is 1. The van der Waals surface area contributed by atoms with Gasteiger partial charge in [-0.2, -0.15) is 0 Å². The van der Waals surface area contributed by atoms with E-state index in [1.807, 2.05) is 50.9 Å². The van der Waals surface area contributed by atoms with Gasteiger partial charge >= 0.3 is 0 Å². The summed E-state index contributed by atoms with van der Waals surface area (Å²) in [4.78, 5) is 17.6. The molecule has 1 atom stereocenters. The smallest absolute Gasteiger partial charge is 0.240 e. The lowest BCUT2D eigenvalue weighted by atomic mass is 10.2. The SMILES string of the molecule is CC.Cc1cc2[nH]c(CNC(=O)C3COCCN3C)cc2cc1Cl. The summed E-state index contributed by atoms with van der Waals surface area (Å²) >= 11 is 6.14. The first-order chi connectivity index (χ1) is 11.5. The third-order valence-corrected chi connectivity index (χ3v) is 4.51. The first-order valence-corrected chi connectivity index (χ1v) is 8.76. The highest BCUT2D eigenvalue weighted by atomic mass is 35.5. The number of likely N-dealkylation sites (N-methyl/N-ethyl adjacent to an activating group) is 1. The molecule has 6 heteroatoms. The zero-order chi connectivity index (χ0) is 17.7. The Morgan fingerprint density at radius 3 is 2.88 bits per heavy atom. The lowest BCUT2D eigenvalue weighted by molar-refractivity contribution is -0.131. The Morgan fingerprint density at radius 1 is 1.42 bits per heavy atom. The Balaban J connectivity index is 0.00000100. The summed E-state index contributed by atoms with van der Waals surface area (Å²) in [7, 11) is 1.94. The Labute approximate surface area is 148 Å². The predicted octanol–water partition coefficient (Wildman–Crippen LogP) is 3.10. The summed E-state index contributed by atoms with van der Waals surface area (Å²) in [5.74, 6) is -0.00457. The summed E-state index contributed by atoms with van der Waals surface area (Å²) < 4.78 is 5.38. The minimum absolute atomic E-state index is 0.00457. The second-order valence-corrected chi connectivity index (χ2v) is 6.18. The molecule has 3 rings (SSSR count). The number of carbonyl (C=O) groups is 1. The normalized spacial score (nSPS) is 18.1. The number of nitrogens with one attached hydrogen (secondary N) is 2. The third kappa shape index (κ3) is 4.29. The fraction of sp³-hybridized carbons (Fsp3) is 0.500. The number of rotatable bonds is 3. The fourth-order valence-electron chi connectivity index (χ4n) is 2.68. The van der Waals surface area contributed by atoms with Crippen molar-refractivity contribution in [2.75, 3.05) is 26.8 Å². The number of aryl methyl sites for hydroxylation is 1. The highest BCUT2D eigenvalue weighted by Crippen LogP contribution is 2.23. The van der Waals surface area contributed by atoms with E-state index in [0.717, 1.165) is 33.7 Å².